The molecule has 20 heteroatoms. The first kappa shape index (κ1) is 54.8. The molecule has 4 amide bonds. The first-order valence-corrected chi connectivity index (χ1v) is 23.5. The maximum Gasteiger partial charge on any atom is 0.387 e. The summed E-state index contributed by atoms with van der Waals surface area (Å²) in [6.07, 6.45) is 4.17. The lowest BCUT2D eigenvalue weighted by Gasteiger charge is -2.36. The number of carbonyl (C=O) groups excluding carboxylic acids is 4. The largest absolute Gasteiger partial charge is 0.481 e. The molecule has 0 radical (unpaired) electrons. The predicted molar refractivity (Wildman–Crippen MR) is 259 cm³/mol. The number of hydrogen-bond donors (Lipinski definition) is 3. The number of hydrogen-bond acceptors (Lipinski definition) is 11. The van der Waals surface area contributed by atoms with Crippen LogP contribution in [0.2, 0.25) is 5.02 Å². The number of nitrogens with one attached hydrogen (secondary N) is 1. The van der Waals surface area contributed by atoms with E-state index < -0.39 is 61.4 Å². The number of ether oxygens (including phenoxy) is 3. The van der Waals surface area contributed by atoms with Crippen LogP contribution in [0.3, 0.4) is 0 Å². The SMILES string of the molecule is COC[C@H](NC(=O)[C@H](C)N(Cc1c(Oc2ccc(-c3cnc(CN(C)C)n3C)cc2)cccc1OC(F)F)C(=O)CCC(=O)N(C)[C@H]1CCCC[C@@H]1N)C(=O)N(C)[C@H](CC(=O)O)Cc1ccc(Cl)cc1. The number of likely N-dealkylation sites (N-methyl/N-ethyl adjacent to an activating group) is 2. The summed E-state index contributed by atoms with van der Waals surface area (Å²) in [6.45, 7) is -2.11. The normalized spacial score (nSPS) is 16.0. The Hall–Kier alpha value is -6.15. The number of imidazole rings is 1. The van der Waals surface area contributed by atoms with Gasteiger partial charge in [0.05, 0.1) is 43.6 Å². The lowest BCUT2D eigenvalue weighted by Crippen LogP contribution is -2.57. The second-order valence-electron chi connectivity index (χ2n) is 17.9. The molecule has 0 saturated heterocycles. The van der Waals surface area contributed by atoms with Gasteiger partial charge in [0.25, 0.3) is 0 Å². The van der Waals surface area contributed by atoms with Crippen LogP contribution in [0.25, 0.3) is 11.3 Å². The molecule has 1 aliphatic rings. The molecule has 5 atom stereocenters. The monoisotopic (exact) mass is 994 g/mol. The lowest BCUT2D eigenvalue weighted by molar-refractivity contribution is -0.145. The lowest BCUT2D eigenvalue weighted by atomic mass is 9.90. The Kier molecular flexibility index (Phi) is 20.1. The van der Waals surface area contributed by atoms with Crippen molar-refractivity contribution in [3.8, 4) is 28.5 Å². The zero-order chi connectivity index (χ0) is 51.2. The van der Waals surface area contributed by atoms with Crippen LogP contribution in [-0.2, 0) is 55.3 Å². The van der Waals surface area contributed by atoms with Crippen LogP contribution in [0.1, 0.15) is 68.8 Å². The number of aromatic nitrogens is 2. The number of methoxy groups -OCH3 is 1. The van der Waals surface area contributed by atoms with Gasteiger partial charge in [-0.2, -0.15) is 8.78 Å². The summed E-state index contributed by atoms with van der Waals surface area (Å²) in [4.78, 5) is 79.1. The summed E-state index contributed by atoms with van der Waals surface area (Å²) < 4.78 is 46.8. The topological polar surface area (TPSA) is 202 Å². The van der Waals surface area contributed by atoms with Crippen LogP contribution < -0.4 is 20.5 Å². The van der Waals surface area contributed by atoms with Crippen molar-refractivity contribution in [1.29, 1.82) is 0 Å². The Balaban J connectivity index is 1.45. The number of carboxylic acids is 1. The third kappa shape index (κ3) is 14.9. The Bertz CT molecular complexity index is 2410. The van der Waals surface area contributed by atoms with E-state index in [9.17, 15) is 37.9 Å². The number of aliphatic carboxylic acids is 1. The van der Waals surface area contributed by atoms with Crippen molar-refractivity contribution < 1.29 is 52.1 Å². The van der Waals surface area contributed by atoms with E-state index in [2.05, 4.69) is 10.3 Å². The molecule has 1 heterocycles. The standard InChI is InChI=1S/C50H65ClF2N8O9/c1-31(48(66)56-39(30-68-7)49(67)58(4)35(26-47(64)65)25-32-15-19-34(51)20-16-32)61(46(63)24-23-45(62)60(6)40-12-9-8-11-38(40)54)28-37-42(13-10-14-43(37)70-50(52)53)69-36-21-17-33(18-22-36)41-27-55-44(59(41)5)29-57(2)3/h10,13-22,27,31,35,38-40,50H,8-9,11-12,23-26,28-30,54H2,1-7H3,(H,56,66)(H,64,65)/t31-,35-,38-,39-,40-/m0/s1. The van der Waals surface area contributed by atoms with Gasteiger partial charge in [0.2, 0.25) is 23.6 Å². The van der Waals surface area contributed by atoms with Gasteiger partial charge in [-0.25, -0.2) is 4.98 Å². The van der Waals surface area contributed by atoms with Crippen LogP contribution in [0, 0.1) is 0 Å². The third-order valence-electron chi connectivity index (χ3n) is 12.6. The molecule has 70 heavy (non-hydrogen) atoms. The Morgan fingerprint density at radius 1 is 0.929 bits per heavy atom. The average molecular weight is 996 g/mol. The summed E-state index contributed by atoms with van der Waals surface area (Å²) in [6, 6.07) is 13.9. The van der Waals surface area contributed by atoms with Gasteiger partial charge in [-0.1, -0.05) is 42.6 Å². The van der Waals surface area contributed by atoms with Crippen molar-refractivity contribution in [1.82, 2.24) is 34.5 Å². The molecule has 0 aliphatic heterocycles. The number of nitrogens with two attached hydrogens (primary N) is 1. The Labute approximate surface area is 412 Å². The molecule has 1 fully saturated rings. The van der Waals surface area contributed by atoms with Crippen LogP contribution in [0.4, 0.5) is 8.78 Å². The van der Waals surface area contributed by atoms with E-state index in [1.54, 1.807) is 54.5 Å². The molecule has 4 aromatic rings. The minimum atomic E-state index is -3.28. The molecule has 5 rings (SSSR count). The number of nitrogens with zero attached hydrogens (tertiary/aromatic N) is 6. The molecule has 0 spiro atoms. The highest BCUT2D eigenvalue weighted by molar-refractivity contribution is 6.30. The highest BCUT2D eigenvalue weighted by Crippen LogP contribution is 2.36. The van der Waals surface area contributed by atoms with Crippen molar-refractivity contribution in [3.63, 3.8) is 0 Å². The van der Waals surface area contributed by atoms with Crippen LogP contribution in [0.5, 0.6) is 17.2 Å². The van der Waals surface area contributed by atoms with E-state index in [-0.39, 0.29) is 60.9 Å². The predicted octanol–water partition coefficient (Wildman–Crippen LogP) is 6.10. The molecule has 0 unspecified atom stereocenters. The molecule has 380 valence electrons. The van der Waals surface area contributed by atoms with Crippen LogP contribution >= 0.6 is 11.6 Å². The molecule has 1 aromatic heterocycles. The van der Waals surface area contributed by atoms with Gasteiger partial charge >= 0.3 is 12.6 Å². The fraction of sp³-hybridized carbons (Fsp3) is 0.480. The zero-order valence-corrected chi connectivity index (χ0v) is 41.5. The summed E-state index contributed by atoms with van der Waals surface area (Å²) >= 11 is 6.06. The van der Waals surface area contributed by atoms with Gasteiger partial charge in [0, 0.05) is 69.8 Å². The van der Waals surface area contributed by atoms with E-state index in [0.717, 1.165) is 41.2 Å². The van der Waals surface area contributed by atoms with Gasteiger partial charge < -0.3 is 54.5 Å². The third-order valence-corrected chi connectivity index (χ3v) is 12.8. The molecule has 4 N–H and O–H groups in total. The van der Waals surface area contributed by atoms with E-state index in [0.29, 0.717) is 29.3 Å². The van der Waals surface area contributed by atoms with Gasteiger partial charge in [0.1, 0.15) is 35.2 Å². The average Bonchev–Trinajstić information content (AvgIpc) is 3.67. The van der Waals surface area contributed by atoms with E-state index in [1.807, 2.05) is 42.7 Å². The Morgan fingerprint density at radius 3 is 2.21 bits per heavy atom. The molecule has 17 nitrogen and oxygen atoms in total. The maximum absolute atomic E-state index is 14.5. The first-order valence-electron chi connectivity index (χ1n) is 23.1. The molecule has 3 aromatic carbocycles. The van der Waals surface area contributed by atoms with Crippen molar-refractivity contribution in [2.45, 2.75) is 108 Å². The highest BCUT2D eigenvalue weighted by atomic mass is 35.5. The molecular formula is C50H65ClF2N8O9. The number of carbonyl (C=O) groups is 5. The van der Waals surface area contributed by atoms with E-state index >= 15 is 0 Å². The molecule has 1 aliphatic carbocycles. The highest BCUT2D eigenvalue weighted by Gasteiger charge is 2.35. The van der Waals surface area contributed by atoms with Gasteiger partial charge in [-0.05, 0) is 94.4 Å². The van der Waals surface area contributed by atoms with Gasteiger partial charge in [-0.3, -0.25) is 24.0 Å². The first-order chi connectivity index (χ1) is 33.3. The van der Waals surface area contributed by atoms with E-state index in [1.165, 1.54) is 44.2 Å². The number of halogens is 3. The smallest absolute Gasteiger partial charge is 0.387 e. The molecule has 1 saturated carbocycles. The number of rotatable bonds is 24. The van der Waals surface area contributed by atoms with Gasteiger partial charge in [0.15, 0.2) is 0 Å². The van der Waals surface area contributed by atoms with Crippen LogP contribution in [-0.4, -0.2) is 143 Å². The zero-order valence-electron chi connectivity index (χ0n) is 40.8. The molecule has 0 bridgehead atoms. The summed E-state index contributed by atoms with van der Waals surface area (Å²) in [5.74, 6) is -2.84. The van der Waals surface area contributed by atoms with Crippen molar-refractivity contribution in [2.75, 3.05) is 41.9 Å². The summed E-state index contributed by atoms with van der Waals surface area (Å²) in [5.41, 5.74) is 8.75. The fourth-order valence-electron chi connectivity index (χ4n) is 8.56. The number of carboxylic acid groups (broad SMARTS) is 1. The van der Waals surface area contributed by atoms with E-state index in [4.69, 9.17) is 31.5 Å². The fourth-order valence-corrected chi connectivity index (χ4v) is 8.69. The number of amides is 4. The van der Waals surface area contributed by atoms with Crippen LogP contribution in [0.15, 0.2) is 72.9 Å². The maximum atomic E-state index is 14.5. The number of benzene rings is 3. The van der Waals surface area contributed by atoms with Gasteiger partial charge in [-0.15, -0.1) is 0 Å². The Morgan fingerprint density at radius 2 is 1.59 bits per heavy atom. The van der Waals surface area contributed by atoms with Crippen molar-refractivity contribution >= 4 is 41.2 Å². The second kappa shape index (κ2) is 25.6. The minimum Gasteiger partial charge on any atom is -0.481 e. The summed E-state index contributed by atoms with van der Waals surface area (Å²) in [7, 11) is 10.2. The summed E-state index contributed by atoms with van der Waals surface area (Å²) in [5, 5.41) is 12.9. The quantitative estimate of drug-likeness (QED) is 0.0730. The van der Waals surface area contributed by atoms with Crippen molar-refractivity contribution in [3.05, 3.63) is 94.9 Å². The molecular weight excluding hydrogens is 930 g/mol. The minimum absolute atomic E-state index is 0.0144. The number of alkyl halides is 2. The second-order valence-corrected chi connectivity index (χ2v) is 18.3. The van der Waals surface area contributed by atoms with Crippen molar-refractivity contribution in [2.24, 2.45) is 12.8 Å².